The van der Waals surface area contributed by atoms with Gasteiger partial charge in [0.05, 0.1) is 16.8 Å². The number of fused-ring (bicyclic) bond motifs is 1. The Morgan fingerprint density at radius 2 is 1.68 bits per heavy atom. The van der Waals surface area contributed by atoms with Gasteiger partial charge in [-0.25, -0.2) is 4.98 Å². The number of hydrogen-bond donors (Lipinski definition) is 1. The van der Waals surface area contributed by atoms with Gasteiger partial charge in [0.15, 0.2) is 0 Å². The van der Waals surface area contributed by atoms with E-state index in [0.717, 1.165) is 45.4 Å². The lowest BCUT2D eigenvalue weighted by molar-refractivity contribution is 0.102. The molecule has 0 aliphatic rings. The van der Waals surface area contributed by atoms with E-state index in [1.165, 1.54) is 0 Å². The third kappa shape index (κ3) is 3.52. The molecule has 0 saturated heterocycles. The minimum absolute atomic E-state index is 0.115. The van der Waals surface area contributed by atoms with Crippen LogP contribution >= 0.6 is 0 Å². The quantitative estimate of drug-likeness (QED) is 0.479. The van der Waals surface area contributed by atoms with Crippen molar-refractivity contribution in [1.82, 2.24) is 4.98 Å². The molecule has 0 radical (unpaired) electrons. The maximum absolute atomic E-state index is 13.3. The number of nitrogens with one attached hydrogen (secondary N) is 1. The molecule has 0 aliphatic carbocycles. The van der Waals surface area contributed by atoms with Gasteiger partial charge in [0, 0.05) is 16.6 Å². The molecule has 0 fully saturated rings. The Morgan fingerprint density at radius 3 is 2.46 bits per heavy atom. The number of amides is 1. The lowest BCUT2D eigenvalue weighted by Crippen LogP contribution is -2.14. The molecule has 0 aliphatic heterocycles. The van der Waals surface area contributed by atoms with Crippen molar-refractivity contribution in [2.45, 2.75) is 20.3 Å². The summed E-state index contributed by atoms with van der Waals surface area (Å²) >= 11 is 0. The zero-order chi connectivity index (χ0) is 19.5. The molecule has 28 heavy (non-hydrogen) atoms. The van der Waals surface area contributed by atoms with Crippen molar-refractivity contribution >= 4 is 22.5 Å². The SMILES string of the molecule is CCc1ccccc1NC(=O)c1cc(-c2ccccc2)nc2ccc(C)cc12. The molecule has 138 valence electrons. The number of para-hydroxylation sites is 1. The van der Waals surface area contributed by atoms with Gasteiger partial charge in [-0.15, -0.1) is 0 Å². The Kier molecular flexibility index (Phi) is 4.90. The van der Waals surface area contributed by atoms with Gasteiger partial charge in [0.2, 0.25) is 0 Å². The number of carbonyl (C=O) groups is 1. The van der Waals surface area contributed by atoms with Crippen LogP contribution < -0.4 is 5.32 Å². The predicted octanol–water partition coefficient (Wildman–Crippen LogP) is 6.02. The summed E-state index contributed by atoms with van der Waals surface area (Å²) in [6, 6.07) is 25.8. The molecular formula is C25H22N2O. The van der Waals surface area contributed by atoms with Gasteiger partial charge >= 0.3 is 0 Å². The fraction of sp³-hybridized carbons (Fsp3) is 0.120. The number of hydrogen-bond acceptors (Lipinski definition) is 2. The first kappa shape index (κ1) is 17.9. The summed E-state index contributed by atoms with van der Waals surface area (Å²) < 4.78 is 0. The van der Waals surface area contributed by atoms with Crippen molar-refractivity contribution in [3.8, 4) is 11.3 Å². The number of aromatic nitrogens is 1. The van der Waals surface area contributed by atoms with E-state index >= 15 is 0 Å². The van der Waals surface area contributed by atoms with Crippen LogP contribution in [-0.2, 0) is 6.42 Å². The molecule has 0 unspecified atom stereocenters. The van der Waals surface area contributed by atoms with Crippen molar-refractivity contribution in [2.75, 3.05) is 5.32 Å². The van der Waals surface area contributed by atoms with Gasteiger partial charge in [-0.05, 0) is 43.2 Å². The average molecular weight is 366 g/mol. The number of benzene rings is 3. The lowest BCUT2D eigenvalue weighted by atomic mass is 10.0. The van der Waals surface area contributed by atoms with Gasteiger partial charge < -0.3 is 5.32 Å². The van der Waals surface area contributed by atoms with Crippen LogP contribution in [0.2, 0.25) is 0 Å². The second kappa shape index (κ2) is 7.65. The van der Waals surface area contributed by atoms with Crippen molar-refractivity contribution in [1.29, 1.82) is 0 Å². The van der Waals surface area contributed by atoms with Crippen LogP contribution in [-0.4, -0.2) is 10.9 Å². The number of aryl methyl sites for hydroxylation is 2. The Bertz CT molecular complexity index is 1150. The summed E-state index contributed by atoms with van der Waals surface area (Å²) in [5.41, 5.74) is 6.32. The van der Waals surface area contributed by atoms with Crippen molar-refractivity contribution in [2.24, 2.45) is 0 Å². The van der Waals surface area contributed by atoms with E-state index in [1.54, 1.807) is 0 Å². The first-order chi connectivity index (χ1) is 13.7. The molecular weight excluding hydrogens is 344 g/mol. The molecule has 3 nitrogen and oxygen atoms in total. The molecule has 3 aromatic carbocycles. The molecule has 0 spiro atoms. The van der Waals surface area contributed by atoms with Gasteiger partial charge in [-0.2, -0.15) is 0 Å². The summed E-state index contributed by atoms with van der Waals surface area (Å²) in [7, 11) is 0. The molecule has 1 aromatic heterocycles. The number of anilines is 1. The van der Waals surface area contributed by atoms with Crippen LogP contribution in [0.5, 0.6) is 0 Å². The van der Waals surface area contributed by atoms with Gasteiger partial charge in [0.1, 0.15) is 0 Å². The standard InChI is InChI=1S/C25H22N2O/c1-3-18-9-7-8-12-22(18)27-25(28)21-16-24(19-10-5-4-6-11-19)26-23-14-13-17(2)15-20(21)23/h4-16H,3H2,1-2H3,(H,27,28). The monoisotopic (exact) mass is 366 g/mol. The van der Waals surface area contributed by atoms with Gasteiger partial charge in [-0.1, -0.05) is 67.1 Å². The number of pyridine rings is 1. The van der Waals surface area contributed by atoms with Crippen LogP contribution in [0.3, 0.4) is 0 Å². The summed E-state index contributed by atoms with van der Waals surface area (Å²) in [5, 5.41) is 3.97. The van der Waals surface area contributed by atoms with E-state index in [4.69, 9.17) is 4.98 Å². The second-order valence-electron chi connectivity index (χ2n) is 6.91. The molecule has 1 N–H and O–H groups in total. The highest BCUT2D eigenvalue weighted by Crippen LogP contribution is 2.27. The van der Waals surface area contributed by atoms with Gasteiger partial charge in [0.25, 0.3) is 5.91 Å². The van der Waals surface area contributed by atoms with E-state index in [9.17, 15) is 4.79 Å². The summed E-state index contributed by atoms with van der Waals surface area (Å²) in [4.78, 5) is 18.0. The average Bonchev–Trinajstić information content (AvgIpc) is 2.74. The highest BCUT2D eigenvalue weighted by atomic mass is 16.1. The number of nitrogens with zero attached hydrogens (tertiary/aromatic N) is 1. The zero-order valence-electron chi connectivity index (χ0n) is 16.1. The third-order valence-corrected chi connectivity index (χ3v) is 4.92. The van der Waals surface area contributed by atoms with Crippen molar-refractivity contribution < 1.29 is 4.79 Å². The van der Waals surface area contributed by atoms with E-state index in [0.29, 0.717) is 5.56 Å². The minimum atomic E-state index is -0.115. The van der Waals surface area contributed by atoms with Crippen molar-refractivity contribution in [3.05, 3.63) is 95.6 Å². The van der Waals surface area contributed by atoms with E-state index in [1.807, 2.05) is 85.8 Å². The number of rotatable bonds is 4. The molecule has 4 rings (SSSR count). The number of carbonyl (C=O) groups excluding carboxylic acids is 1. The highest BCUT2D eigenvalue weighted by molar-refractivity contribution is 6.13. The largest absolute Gasteiger partial charge is 0.322 e. The fourth-order valence-corrected chi connectivity index (χ4v) is 3.42. The Morgan fingerprint density at radius 1 is 0.929 bits per heavy atom. The highest BCUT2D eigenvalue weighted by Gasteiger charge is 2.15. The summed E-state index contributed by atoms with van der Waals surface area (Å²) in [6.07, 6.45) is 0.863. The van der Waals surface area contributed by atoms with E-state index < -0.39 is 0 Å². The zero-order valence-corrected chi connectivity index (χ0v) is 16.1. The van der Waals surface area contributed by atoms with Crippen molar-refractivity contribution in [3.63, 3.8) is 0 Å². The molecule has 0 saturated carbocycles. The normalized spacial score (nSPS) is 10.8. The molecule has 0 bridgehead atoms. The van der Waals surface area contributed by atoms with Crippen LogP contribution in [0.25, 0.3) is 22.2 Å². The van der Waals surface area contributed by atoms with Crippen LogP contribution in [0.1, 0.15) is 28.4 Å². The Labute approximate surface area is 165 Å². The molecule has 1 amide bonds. The lowest BCUT2D eigenvalue weighted by Gasteiger charge is -2.13. The summed E-state index contributed by atoms with van der Waals surface area (Å²) in [6.45, 7) is 4.11. The summed E-state index contributed by atoms with van der Waals surface area (Å²) in [5.74, 6) is -0.115. The predicted molar refractivity (Wildman–Crippen MR) is 116 cm³/mol. The smallest absolute Gasteiger partial charge is 0.256 e. The Hall–Kier alpha value is -3.46. The molecule has 0 atom stereocenters. The molecule has 3 heteroatoms. The van der Waals surface area contributed by atoms with Crippen LogP contribution in [0, 0.1) is 6.92 Å². The fourth-order valence-electron chi connectivity index (χ4n) is 3.42. The third-order valence-electron chi connectivity index (χ3n) is 4.92. The minimum Gasteiger partial charge on any atom is -0.322 e. The van der Waals surface area contributed by atoms with Gasteiger partial charge in [-0.3, -0.25) is 4.79 Å². The van der Waals surface area contributed by atoms with E-state index in [2.05, 4.69) is 12.2 Å². The van der Waals surface area contributed by atoms with Crippen LogP contribution in [0.15, 0.2) is 78.9 Å². The molecule has 1 heterocycles. The topological polar surface area (TPSA) is 42.0 Å². The Balaban J connectivity index is 1.84. The molecule has 4 aromatic rings. The van der Waals surface area contributed by atoms with E-state index in [-0.39, 0.29) is 5.91 Å². The van der Waals surface area contributed by atoms with Crippen LogP contribution in [0.4, 0.5) is 5.69 Å². The maximum Gasteiger partial charge on any atom is 0.256 e. The first-order valence-corrected chi connectivity index (χ1v) is 9.52. The second-order valence-corrected chi connectivity index (χ2v) is 6.91. The first-order valence-electron chi connectivity index (χ1n) is 9.52. The maximum atomic E-state index is 13.3.